The van der Waals surface area contributed by atoms with Gasteiger partial charge in [0.25, 0.3) is 5.91 Å². The van der Waals surface area contributed by atoms with Gasteiger partial charge in [-0.05, 0) is 70.6 Å². The van der Waals surface area contributed by atoms with Crippen LogP contribution in [0.4, 0.5) is 13.6 Å². The lowest BCUT2D eigenvalue weighted by Gasteiger charge is -2.43. The van der Waals surface area contributed by atoms with Crippen LogP contribution in [0.5, 0.6) is 0 Å². The van der Waals surface area contributed by atoms with Crippen LogP contribution in [0, 0.1) is 11.6 Å². The van der Waals surface area contributed by atoms with Gasteiger partial charge in [0.1, 0.15) is 23.3 Å². The Morgan fingerprint density at radius 3 is 2.40 bits per heavy atom. The number of amides is 2. The Labute approximate surface area is 174 Å². The summed E-state index contributed by atoms with van der Waals surface area (Å²) in [4.78, 5) is 28.2. The predicted molar refractivity (Wildman–Crippen MR) is 107 cm³/mol. The van der Waals surface area contributed by atoms with Crippen molar-refractivity contribution in [3.05, 3.63) is 35.4 Å². The molecule has 0 aromatic heterocycles. The summed E-state index contributed by atoms with van der Waals surface area (Å²) >= 11 is 0. The van der Waals surface area contributed by atoms with E-state index in [0.29, 0.717) is 18.4 Å². The molecule has 2 aliphatic heterocycles. The van der Waals surface area contributed by atoms with Gasteiger partial charge in [0, 0.05) is 24.2 Å². The second kappa shape index (κ2) is 7.32. The van der Waals surface area contributed by atoms with Gasteiger partial charge in [-0.1, -0.05) is 0 Å². The van der Waals surface area contributed by atoms with Crippen LogP contribution >= 0.6 is 0 Å². The number of nitrogens with zero attached hydrogens (tertiary/aromatic N) is 3. The number of ether oxygens (including phenoxy) is 1. The summed E-state index contributed by atoms with van der Waals surface area (Å²) in [5.41, 5.74) is -0.657. The summed E-state index contributed by atoms with van der Waals surface area (Å²) in [5, 5.41) is 5.48. The smallest absolute Gasteiger partial charge is 0.411 e. The minimum Gasteiger partial charge on any atom is -0.444 e. The Kier molecular flexibility index (Phi) is 5.06. The molecule has 2 heterocycles. The molecule has 1 aromatic carbocycles. The molecule has 4 rings (SSSR count). The number of piperidine rings is 1. The number of hydrogen-bond acceptors (Lipinski definition) is 4. The standard InChI is InChI=1S/C22H27F2N3O3/c1-21(2,3)30-20(29)26-18(5-4-7-22(26)8-9-22)19(28)27-17(6-10-25-27)14-11-15(23)13-16(24)12-14/h10-13,17-18H,4-9H2,1-3H3. The van der Waals surface area contributed by atoms with Gasteiger partial charge >= 0.3 is 6.09 Å². The lowest BCUT2D eigenvalue weighted by Crippen LogP contribution is -2.58. The molecule has 30 heavy (non-hydrogen) atoms. The molecule has 2 fully saturated rings. The molecule has 0 N–H and O–H groups in total. The van der Waals surface area contributed by atoms with Crippen LogP contribution in [-0.4, -0.2) is 45.3 Å². The fraction of sp³-hybridized carbons (Fsp3) is 0.591. The summed E-state index contributed by atoms with van der Waals surface area (Å²) < 4.78 is 33.1. The van der Waals surface area contributed by atoms with E-state index in [-0.39, 0.29) is 11.4 Å². The molecule has 3 aliphatic rings. The number of benzene rings is 1. The summed E-state index contributed by atoms with van der Waals surface area (Å²) in [6.45, 7) is 5.39. The zero-order chi connectivity index (χ0) is 21.7. The molecule has 2 amide bonds. The van der Waals surface area contributed by atoms with Crippen LogP contribution in [0.1, 0.15) is 70.9 Å². The second-order valence-corrected chi connectivity index (χ2v) is 9.42. The molecule has 8 heteroatoms. The van der Waals surface area contributed by atoms with Crippen molar-refractivity contribution in [2.75, 3.05) is 0 Å². The molecule has 1 spiro atoms. The summed E-state index contributed by atoms with van der Waals surface area (Å²) in [6.07, 6.45) is 5.31. The van der Waals surface area contributed by atoms with Crippen molar-refractivity contribution >= 4 is 18.2 Å². The first-order valence-corrected chi connectivity index (χ1v) is 10.4. The van der Waals surface area contributed by atoms with Crippen molar-refractivity contribution in [1.82, 2.24) is 9.91 Å². The van der Waals surface area contributed by atoms with E-state index >= 15 is 0 Å². The molecule has 1 aromatic rings. The maximum absolute atomic E-state index is 13.7. The number of carbonyl (C=O) groups excluding carboxylic acids is 2. The average Bonchev–Trinajstić information content (AvgIpc) is 3.21. The van der Waals surface area contributed by atoms with Gasteiger partial charge in [0.15, 0.2) is 0 Å². The number of rotatable bonds is 2. The van der Waals surface area contributed by atoms with E-state index < -0.39 is 35.4 Å². The van der Waals surface area contributed by atoms with Gasteiger partial charge in [0.05, 0.1) is 6.04 Å². The molecular weight excluding hydrogens is 392 g/mol. The van der Waals surface area contributed by atoms with Crippen LogP contribution in [0.25, 0.3) is 0 Å². The first kappa shape index (κ1) is 20.8. The highest BCUT2D eigenvalue weighted by molar-refractivity contribution is 5.88. The largest absolute Gasteiger partial charge is 0.444 e. The van der Waals surface area contributed by atoms with E-state index in [9.17, 15) is 18.4 Å². The molecule has 1 aliphatic carbocycles. The van der Waals surface area contributed by atoms with Crippen molar-refractivity contribution in [3.8, 4) is 0 Å². The second-order valence-electron chi connectivity index (χ2n) is 9.42. The molecule has 0 bridgehead atoms. The van der Waals surface area contributed by atoms with Crippen LogP contribution in [0.3, 0.4) is 0 Å². The third-order valence-electron chi connectivity index (χ3n) is 5.97. The Bertz CT molecular complexity index is 872. The zero-order valence-electron chi connectivity index (χ0n) is 17.5. The highest BCUT2D eigenvalue weighted by Gasteiger charge is 2.57. The topological polar surface area (TPSA) is 62.2 Å². The monoisotopic (exact) mass is 419 g/mol. The minimum absolute atomic E-state index is 0.329. The van der Waals surface area contributed by atoms with Gasteiger partial charge in [-0.25, -0.2) is 18.6 Å². The van der Waals surface area contributed by atoms with Gasteiger partial charge < -0.3 is 4.74 Å². The zero-order valence-corrected chi connectivity index (χ0v) is 17.5. The summed E-state index contributed by atoms with van der Waals surface area (Å²) in [6, 6.07) is 1.94. The molecule has 1 saturated carbocycles. The highest BCUT2D eigenvalue weighted by atomic mass is 19.1. The van der Waals surface area contributed by atoms with Gasteiger partial charge in [-0.2, -0.15) is 5.10 Å². The minimum atomic E-state index is -0.702. The SMILES string of the molecule is CC(C)(C)OC(=O)N1C(C(=O)N2N=CCC2c2cc(F)cc(F)c2)CCCC12CC2. The number of hydrazone groups is 1. The molecule has 2 unspecified atom stereocenters. The van der Waals surface area contributed by atoms with Crippen LogP contribution in [0.15, 0.2) is 23.3 Å². The van der Waals surface area contributed by atoms with Crippen LogP contribution < -0.4 is 0 Å². The van der Waals surface area contributed by atoms with Crippen molar-refractivity contribution in [3.63, 3.8) is 0 Å². The Balaban J connectivity index is 1.61. The average molecular weight is 419 g/mol. The third kappa shape index (κ3) is 3.91. The van der Waals surface area contributed by atoms with E-state index in [1.54, 1.807) is 31.9 Å². The Hall–Kier alpha value is -2.51. The fourth-order valence-corrected chi connectivity index (χ4v) is 4.53. The fourth-order valence-electron chi connectivity index (χ4n) is 4.53. The molecule has 6 nitrogen and oxygen atoms in total. The summed E-state index contributed by atoms with van der Waals surface area (Å²) in [5.74, 6) is -1.74. The van der Waals surface area contributed by atoms with E-state index in [0.717, 1.165) is 31.7 Å². The lowest BCUT2D eigenvalue weighted by molar-refractivity contribution is -0.142. The lowest BCUT2D eigenvalue weighted by atomic mass is 9.92. The normalized spacial score (nSPS) is 25.0. The quantitative estimate of drug-likeness (QED) is 0.707. The van der Waals surface area contributed by atoms with E-state index in [4.69, 9.17) is 4.74 Å². The number of hydrogen-bond donors (Lipinski definition) is 0. The van der Waals surface area contributed by atoms with Crippen molar-refractivity contribution < 1.29 is 23.1 Å². The maximum Gasteiger partial charge on any atom is 0.411 e. The Morgan fingerprint density at radius 1 is 1.13 bits per heavy atom. The van der Waals surface area contributed by atoms with E-state index in [1.165, 1.54) is 17.1 Å². The summed E-state index contributed by atoms with van der Waals surface area (Å²) in [7, 11) is 0. The number of likely N-dealkylation sites (tertiary alicyclic amines) is 1. The third-order valence-corrected chi connectivity index (χ3v) is 5.97. The predicted octanol–water partition coefficient (Wildman–Crippen LogP) is 4.55. The van der Waals surface area contributed by atoms with E-state index in [1.807, 2.05) is 0 Å². The molecular formula is C22H27F2N3O3. The Morgan fingerprint density at radius 2 is 1.80 bits per heavy atom. The first-order valence-electron chi connectivity index (χ1n) is 10.4. The highest BCUT2D eigenvalue weighted by Crippen LogP contribution is 2.51. The van der Waals surface area contributed by atoms with E-state index in [2.05, 4.69) is 5.10 Å². The first-order chi connectivity index (χ1) is 14.1. The molecule has 0 radical (unpaired) electrons. The van der Waals surface area contributed by atoms with Crippen LogP contribution in [-0.2, 0) is 9.53 Å². The van der Waals surface area contributed by atoms with Gasteiger partial charge in [-0.3, -0.25) is 9.69 Å². The molecule has 1 saturated heterocycles. The van der Waals surface area contributed by atoms with Crippen molar-refractivity contribution in [2.24, 2.45) is 5.10 Å². The molecule has 162 valence electrons. The number of halogens is 2. The van der Waals surface area contributed by atoms with Crippen molar-refractivity contribution in [1.29, 1.82) is 0 Å². The van der Waals surface area contributed by atoms with Crippen LogP contribution in [0.2, 0.25) is 0 Å². The van der Waals surface area contributed by atoms with Crippen molar-refractivity contribution in [2.45, 2.75) is 82.5 Å². The maximum atomic E-state index is 13.7. The van der Waals surface area contributed by atoms with Gasteiger partial charge in [0.2, 0.25) is 0 Å². The molecule has 2 atom stereocenters. The number of carbonyl (C=O) groups is 2. The van der Waals surface area contributed by atoms with Gasteiger partial charge in [-0.15, -0.1) is 0 Å².